The highest BCUT2D eigenvalue weighted by molar-refractivity contribution is 7.87. The minimum absolute atomic E-state index is 0.264. The Balaban J connectivity index is 2.12. The second-order valence-electron chi connectivity index (χ2n) is 10.1. The first-order chi connectivity index (χ1) is 23.5. The van der Waals surface area contributed by atoms with Gasteiger partial charge in [0.2, 0.25) is 0 Å². The van der Waals surface area contributed by atoms with Crippen molar-refractivity contribution in [3.8, 4) is 5.75 Å². The molecule has 0 aliphatic carbocycles. The van der Waals surface area contributed by atoms with Crippen LogP contribution in [0, 0.1) is 17.0 Å². The fourth-order valence-corrected chi connectivity index (χ4v) is 7.48. The van der Waals surface area contributed by atoms with Crippen LogP contribution in [0.15, 0.2) is 87.4 Å². The number of benzene rings is 4. The van der Waals surface area contributed by atoms with Crippen LogP contribution >= 0.6 is 0 Å². The summed E-state index contributed by atoms with van der Waals surface area (Å²) in [6, 6.07) is 3.21. The number of aromatic hydroxyl groups is 1. The molecule has 0 unspecified atom stereocenters. The second-order valence-corrected chi connectivity index (χ2v) is 17.1. The van der Waals surface area contributed by atoms with Crippen LogP contribution in [0.5, 0.6) is 5.75 Å². The van der Waals surface area contributed by atoms with Gasteiger partial charge in [0.05, 0.1) is 20.9 Å². The lowest BCUT2D eigenvalue weighted by Crippen LogP contribution is -2.04. The van der Waals surface area contributed by atoms with Gasteiger partial charge in [-0.3, -0.25) is 32.9 Å². The highest BCUT2D eigenvalue weighted by Crippen LogP contribution is 2.49. The quantitative estimate of drug-likeness (QED) is 0.0396. The minimum atomic E-state index is -5.56. The predicted molar refractivity (Wildman–Crippen MR) is 172 cm³/mol. The summed E-state index contributed by atoms with van der Waals surface area (Å²) in [7, 11) is -26.6. The second kappa shape index (κ2) is 13.1. The molecule has 0 amide bonds. The summed E-state index contributed by atoms with van der Waals surface area (Å²) >= 11 is 0. The lowest BCUT2D eigenvalue weighted by molar-refractivity contribution is -0.385. The molecule has 0 spiro atoms. The number of nitro groups is 1. The molecular formula is C23H18N6O18S5. The Bertz CT molecular complexity index is 2870. The van der Waals surface area contributed by atoms with Gasteiger partial charge in [0.25, 0.3) is 56.3 Å². The van der Waals surface area contributed by atoms with Crippen molar-refractivity contribution in [2.24, 2.45) is 20.5 Å². The first kappa shape index (κ1) is 39.7. The molecule has 24 nitrogen and oxygen atoms in total. The summed E-state index contributed by atoms with van der Waals surface area (Å²) < 4.78 is 169. The Morgan fingerprint density at radius 2 is 1.12 bits per heavy atom. The molecule has 4 aromatic rings. The molecule has 0 bridgehead atoms. The first-order valence-corrected chi connectivity index (χ1v) is 20.0. The number of fused-ring (bicyclic) bond motifs is 1. The molecule has 4 aromatic carbocycles. The Labute approximate surface area is 290 Å². The monoisotopic (exact) mass is 826 g/mol. The maximum atomic E-state index is 12.4. The number of phenols is 1. The third-order valence-electron chi connectivity index (χ3n) is 6.66. The van der Waals surface area contributed by atoms with Gasteiger partial charge in [-0.05, 0) is 43.3 Å². The van der Waals surface area contributed by atoms with Crippen molar-refractivity contribution in [3.63, 3.8) is 0 Å². The summed E-state index contributed by atoms with van der Waals surface area (Å²) in [6.45, 7) is 1.10. The number of nitrogens with zero attached hydrogens (tertiary/aromatic N) is 5. The number of rotatable bonds is 10. The van der Waals surface area contributed by atoms with E-state index in [1.54, 1.807) is 0 Å². The van der Waals surface area contributed by atoms with Crippen molar-refractivity contribution in [1.29, 1.82) is 0 Å². The van der Waals surface area contributed by atoms with Crippen molar-refractivity contribution >= 4 is 95.5 Å². The maximum absolute atomic E-state index is 12.4. The normalized spacial score (nSPS) is 13.3. The molecule has 0 heterocycles. The van der Waals surface area contributed by atoms with E-state index in [-0.39, 0.29) is 5.56 Å². The largest absolute Gasteiger partial charge is 0.505 e. The van der Waals surface area contributed by atoms with Crippen LogP contribution in [0.1, 0.15) is 5.56 Å². The Morgan fingerprint density at radius 1 is 0.615 bits per heavy atom. The van der Waals surface area contributed by atoms with Gasteiger partial charge in [-0.2, -0.15) is 42.1 Å². The number of nitro benzene ring substituents is 1. The smallest absolute Gasteiger partial charge is 0.297 e. The minimum Gasteiger partial charge on any atom is -0.505 e. The summed E-state index contributed by atoms with van der Waals surface area (Å²) in [6.07, 6.45) is 0. The lowest BCUT2D eigenvalue weighted by Gasteiger charge is -2.14. The van der Waals surface area contributed by atoms with Gasteiger partial charge in [0, 0.05) is 17.0 Å². The van der Waals surface area contributed by atoms with Crippen LogP contribution in [0.3, 0.4) is 0 Å². The summed E-state index contributed by atoms with van der Waals surface area (Å²) in [5.74, 6) is -1.48. The fraction of sp³-hybridized carbons (Fsp3) is 0.0435. The van der Waals surface area contributed by atoms with Crippen LogP contribution in [-0.2, 0) is 50.6 Å². The molecule has 29 heteroatoms. The van der Waals surface area contributed by atoms with Gasteiger partial charge in [0.1, 0.15) is 42.3 Å². The van der Waals surface area contributed by atoms with Gasteiger partial charge in [-0.15, -0.1) is 20.5 Å². The standard InChI is InChI=1S/C23H18N6O18S5/c1-9-4-12(18(51(42,43)44)8-15(9)29(31)32)26-28-22-19(52(45,46)47)6-11-17(50(39,40)41)7-14(21(24)20(11)23(22)30)27-25-13-5-10(48(33,34)35)2-3-16(13)49(36,37)38/h2-8,30H,24H2,1H3,(H,33,34,35)(H,36,37,38)(H,39,40,41)(H,42,43,44)(H,45,46,47). The molecule has 0 saturated heterocycles. The summed E-state index contributed by atoms with van der Waals surface area (Å²) in [5, 5.41) is 34.3. The molecule has 52 heavy (non-hydrogen) atoms. The number of aryl methyl sites for hydroxylation is 1. The van der Waals surface area contributed by atoms with Crippen molar-refractivity contribution in [1.82, 2.24) is 0 Å². The average Bonchev–Trinajstić information content (AvgIpc) is 2.96. The van der Waals surface area contributed by atoms with Crippen LogP contribution < -0.4 is 5.73 Å². The van der Waals surface area contributed by atoms with Crippen LogP contribution in [0.25, 0.3) is 10.8 Å². The van der Waals surface area contributed by atoms with Crippen molar-refractivity contribution < 1.29 is 74.9 Å². The highest BCUT2D eigenvalue weighted by Gasteiger charge is 2.30. The number of hydrogen-bond donors (Lipinski definition) is 7. The zero-order valence-electron chi connectivity index (χ0n) is 25.0. The zero-order valence-corrected chi connectivity index (χ0v) is 29.1. The molecule has 0 atom stereocenters. The zero-order chi connectivity index (χ0) is 39.5. The molecule has 278 valence electrons. The van der Waals surface area contributed by atoms with Crippen molar-refractivity contribution in [2.45, 2.75) is 31.4 Å². The van der Waals surface area contributed by atoms with E-state index in [1.807, 2.05) is 0 Å². The first-order valence-electron chi connectivity index (χ1n) is 12.8. The Morgan fingerprint density at radius 3 is 1.62 bits per heavy atom. The van der Waals surface area contributed by atoms with Gasteiger partial charge in [-0.1, -0.05) is 0 Å². The fourth-order valence-electron chi connectivity index (χ4n) is 4.41. The number of nitrogen functional groups attached to an aromatic ring is 1. The topological polar surface area (TPSA) is 411 Å². The highest BCUT2D eigenvalue weighted by atomic mass is 32.2. The summed E-state index contributed by atoms with van der Waals surface area (Å²) in [4.78, 5) is 4.22. The third kappa shape index (κ3) is 8.01. The molecular weight excluding hydrogens is 809 g/mol. The van der Waals surface area contributed by atoms with Gasteiger partial charge in [0.15, 0.2) is 5.75 Å². The Kier molecular flexibility index (Phi) is 10.0. The average molecular weight is 827 g/mol. The van der Waals surface area contributed by atoms with Crippen molar-refractivity contribution in [3.05, 3.63) is 58.1 Å². The number of phenolic OH excluding ortho intramolecular Hbond substituents is 1. The van der Waals surface area contributed by atoms with E-state index in [1.165, 1.54) is 0 Å². The molecule has 8 N–H and O–H groups in total. The van der Waals surface area contributed by atoms with E-state index in [2.05, 4.69) is 20.5 Å². The molecule has 4 rings (SSSR count). The molecule has 0 radical (unpaired) electrons. The third-order valence-corrected chi connectivity index (χ3v) is 11.0. The van der Waals surface area contributed by atoms with Crippen LogP contribution in [-0.4, -0.2) is 74.9 Å². The number of azo groups is 2. The van der Waals surface area contributed by atoms with E-state index in [0.29, 0.717) is 42.5 Å². The van der Waals surface area contributed by atoms with E-state index in [0.717, 1.165) is 6.92 Å². The number of anilines is 1. The van der Waals surface area contributed by atoms with E-state index in [4.69, 9.17) is 5.73 Å². The predicted octanol–water partition coefficient (Wildman–Crippen LogP) is 3.41. The molecule has 0 aliphatic rings. The van der Waals surface area contributed by atoms with E-state index < -0.39 is 131 Å². The van der Waals surface area contributed by atoms with Crippen LogP contribution in [0.2, 0.25) is 0 Å². The Hall–Kier alpha value is -5.11. The molecule has 0 saturated carbocycles. The van der Waals surface area contributed by atoms with Gasteiger partial charge < -0.3 is 10.8 Å². The molecule has 0 aromatic heterocycles. The molecule has 0 aliphatic heterocycles. The lowest BCUT2D eigenvalue weighted by atomic mass is 10.0. The van der Waals surface area contributed by atoms with Crippen LogP contribution in [0.4, 0.5) is 34.1 Å². The van der Waals surface area contributed by atoms with Gasteiger partial charge in [-0.25, -0.2) is 0 Å². The molecule has 0 fully saturated rings. The SMILES string of the molecule is Cc1cc(N=Nc2c(S(=O)(=O)O)cc3c(S(=O)(=O)O)cc(N=Nc4cc(S(=O)(=O)O)ccc4S(=O)(=O)O)c(N)c3c2O)c(S(=O)(=O)O)cc1[N+](=O)[O-]. The summed E-state index contributed by atoms with van der Waals surface area (Å²) in [5.41, 5.74) is -0.0303. The maximum Gasteiger partial charge on any atom is 0.297 e. The van der Waals surface area contributed by atoms with E-state index >= 15 is 0 Å². The number of nitrogens with two attached hydrogens (primary N) is 1. The van der Waals surface area contributed by atoms with Gasteiger partial charge >= 0.3 is 0 Å². The van der Waals surface area contributed by atoms with Crippen molar-refractivity contribution in [2.75, 3.05) is 5.73 Å². The van der Waals surface area contributed by atoms with E-state index in [9.17, 15) is 80.1 Å². The number of hydrogen-bond acceptors (Lipinski definition) is 18.